The zero-order chi connectivity index (χ0) is 10.7. The van der Waals surface area contributed by atoms with E-state index in [1.165, 1.54) is 0 Å². The number of ether oxygens (including phenoxy) is 1. The highest BCUT2D eigenvalue weighted by Gasteiger charge is 2.32. The largest absolute Gasteiger partial charge is 0.372 e. The van der Waals surface area contributed by atoms with Gasteiger partial charge in [-0.3, -0.25) is 5.21 Å². The molecule has 0 amide bonds. The van der Waals surface area contributed by atoms with Gasteiger partial charge in [-0.2, -0.15) is 0 Å². The quantitative estimate of drug-likeness (QED) is 0.656. The second kappa shape index (κ2) is 4.66. The van der Waals surface area contributed by atoms with Gasteiger partial charge in [0.15, 0.2) is 6.29 Å². The fourth-order valence-corrected chi connectivity index (χ4v) is 2.15. The van der Waals surface area contributed by atoms with E-state index in [2.05, 4.69) is 0 Å². The molecule has 2 unspecified atom stereocenters. The van der Waals surface area contributed by atoms with Gasteiger partial charge in [0.2, 0.25) is 5.71 Å². The number of hydrogen-bond donors (Lipinski definition) is 0. The molecule has 0 bridgehead atoms. The standard InChI is InChI=1S/C11H17NO3/c1-2-14-11-8-9-6-4-3-5-7-10(9)12(13)15-11/h5,7,9,11H,2-4,6,8H2,1H3. The van der Waals surface area contributed by atoms with Crippen LogP contribution < -0.4 is 0 Å². The zero-order valence-corrected chi connectivity index (χ0v) is 9.02. The first-order valence-corrected chi connectivity index (χ1v) is 5.60. The number of allylic oxidation sites excluding steroid dienone is 2. The van der Waals surface area contributed by atoms with Crippen molar-refractivity contribution in [3.63, 3.8) is 0 Å². The molecular weight excluding hydrogens is 194 g/mol. The van der Waals surface area contributed by atoms with E-state index in [1.807, 2.05) is 19.1 Å². The van der Waals surface area contributed by atoms with E-state index in [4.69, 9.17) is 9.57 Å². The van der Waals surface area contributed by atoms with Crippen molar-refractivity contribution >= 4 is 5.71 Å². The van der Waals surface area contributed by atoms with Crippen molar-refractivity contribution < 1.29 is 14.5 Å². The van der Waals surface area contributed by atoms with Crippen LogP contribution in [-0.2, 0) is 9.57 Å². The molecule has 1 aliphatic heterocycles. The maximum Gasteiger partial charge on any atom is 0.247 e. The van der Waals surface area contributed by atoms with Crippen LogP contribution in [0.25, 0.3) is 0 Å². The van der Waals surface area contributed by atoms with Gasteiger partial charge in [0.25, 0.3) is 0 Å². The molecule has 4 heteroatoms. The van der Waals surface area contributed by atoms with E-state index in [0.717, 1.165) is 31.4 Å². The third kappa shape index (κ3) is 2.31. The van der Waals surface area contributed by atoms with Gasteiger partial charge in [-0.15, -0.1) is 0 Å². The fourth-order valence-electron chi connectivity index (χ4n) is 2.15. The van der Waals surface area contributed by atoms with Gasteiger partial charge < -0.3 is 9.57 Å². The summed E-state index contributed by atoms with van der Waals surface area (Å²) >= 11 is 0. The number of nitrogens with zero attached hydrogens (tertiary/aromatic N) is 1. The highest BCUT2D eigenvalue weighted by Crippen LogP contribution is 2.26. The first-order valence-electron chi connectivity index (χ1n) is 5.60. The highest BCUT2D eigenvalue weighted by molar-refractivity contribution is 5.93. The molecule has 4 nitrogen and oxygen atoms in total. The van der Waals surface area contributed by atoms with Crippen molar-refractivity contribution in [2.45, 2.75) is 38.9 Å². The van der Waals surface area contributed by atoms with E-state index in [1.54, 1.807) is 0 Å². The predicted octanol–water partition coefficient (Wildman–Crippen LogP) is 1.99. The second-order valence-corrected chi connectivity index (χ2v) is 3.94. The fraction of sp³-hybridized carbons (Fsp3) is 0.727. The van der Waals surface area contributed by atoms with Crippen LogP contribution >= 0.6 is 0 Å². The summed E-state index contributed by atoms with van der Waals surface area (Å²) in [6, 6.07) is 0. The Kier molecular flexibility index (Phi) is 3.26. The van der Waals surface area contributed by atoms with Crippen LogP contribution in [-0.4, -0.2) is 23.5 Å². The molecule has 0 radical (unpaired) electrons. The Morgan fingerprint density at radius 1 is 1.67 bits per heavy atom. The average Bonchev–Trinajstić information content (AvgIpc) is 2.43. The minimum absolute atomic E-state index is 0.298. The lowest BCUT2D eigenvalue weighted by Gasteiger charge is -2.28. The van der Waals surface area contributed by atoms with E-state index in [9.17, 15) is 5.21 Å². The van der Waals surface area contributed by atoms with E-state index < -0.39 is 0 Å². The Morgan fingerprint density at radius 2 is 2.53 bits per heavy atom. The number of hydrogen-bond acceptors (Lipinski definition) is 3. The Hall–Kier alpha value is -1.03. The number of fused-ring (bicyclic) bond motifs is 1. The minimum Gasteiger partial charge on any atom is -0.372 e. The summed E-state index contributed by atoms with van der Waals surface area (Å²) in [7, 11) is 0. The monoisotopic (exact) mass is 211 g/mol. The lowest BCUT2D eigenvalue weighted by Crippen LogP contribution is -2.37. The van der Waals surface area contributed by atoms with Gasteiger partial charge in [0.05, 0.1) is 5.92 Å². The van der Waals surface area contributed by atoms with Crippen LogP contribution in [0.15, 0.2) is 12.2 Å². The molecule has 0 aromatic heterocycles. The van der Waals surface area contributed by atoms with Crippen LogP contribution in [0.2, 0.25) is 0 Å². The van der Waals surface area contributed by atoms with Crippen molar-refractivity contribution in [2.75, 3.05) is 6.61 Å². The lowest BCUT2D eigenvalue weighted by molar-refractivity contribution is -0.772. The summed E-state index contributed by atoms with van der Waals surface area (Å²) in [6.45, 7) is 2.49. The van der Waals surface area contributed by atoms with Crippen molar-refractivity contribution in [3.05, 3.63) is 17.4 Å². The molecule has 84 valence electrons. The lowest BCUT2D eigenvalue weighted by atomic mass is 9.94. The van der Waals surface area contributed by atoms with Crippen molar-refractivity contribution in [1.29, 1.82) is 0 Å². The van der Waals surface area contributed by atoms with E-state index in [0.29, 0.717) is 17.4 Å². The van der Waals surface area contributed by atoms with Crippen LogP contribution in [0.3, 0.4) is 0 Å². The third-order valence-corrected chi connectivity index (χ3v) is 2.88. The smallest absolute Gasteiger partial charge is 0.247 e. The van der Waals surface area contributed by atoms with Crippen LogP contribution in [0, 0.1) is 11.1 Å². The average molecular weight is 211 g/mol. The summed E-state index contributed by atoms with van der Waals surface area (Å²) in [5.74, 6) is 0.298. The Bertz CT molecular complexity index is 286. The molecular formula is C11H17NO3. The van der Waals surface area contributed by atoms with Crippen LogP contribution in [0.1, 0.15) is 32.6 Å². The predicted molar refractivity (Wildman–Crippen MR) is 56.2 cm³/mol. The van der Waals surface area contributed by atoms with Gasteiger partial charge in [-0.05, 0) is 26.2 Å². The maximum absolute atomic E-state index is 11.6. The van der Waals surface area contributed by atoms with Gasteiger partial charge in [-0.25, -0.2) is 0 Å². The summed E-state index contributed by atoms with van der Waals surface area (Å²) in [5.41, 5.74) is 0.753. The molecule has 0 fully saturated rings. The zero-order valence-electron chi connectivity index (χ0n) is 9.02. The Labute approximate surface area is 89.7 Å². The topological polar surface area (TPSA) is 44.5 Å². The first-order chi connectivity index (χ1) is 7.31. The van der Waals surface area contributed by atoms with Crippen LogP contribution in [0.4, 0.5) is 0 Å². The molecule has 1 aliphatic carbocycles. The minimum atomic E-state index is -0.368. The van der Waals surface area contributed by atoms with Crippen molar-refractivity contribution in [3.8, 4) is 0 Å². The molecule has 2 aliphatic rings. The molecule has 15 heavy (non-hydrogen) atoms. The molecule has 0 aromatic carbocycles. The third-order valence-electron chi connectivity index (χ3n) is 2.88. The maximum atomic E-state index is 11.6. The van der Waals surface area contributed by atoms with E-state index in [-0.39, 0.29) is 6.29 Å². The second-order valence-electron chi connectivity index (χ2n) is 3.94. The molecule has 1 heterocycles. The molecule has 2 rings (SSSR count). The van der Waals surface area contributed by atoms with Crippen LogP contribution in [0.5, 0.6) is 0 Å². The molecule has 0 saturated heterocycles. The molecule has 0 spiro atoms. The van der Waals surface area contributed by atoms with Gasteiger partial charge >= 0.3 is 0 Å². The summed E-state index contributed by atoms with van der Waals surface area (Å²) in [4.78, 5) is 5.75. The van der Waals surface area contributed by atoms with Crippen molar-refractivity contribution in [1.82, 2.24) is 0 Å². The summed E-state index contributed by atoms with van der Waals surface area (Å²) in [5, 5.41) is 11.6. The van der Waals surface area contributed by atoms with Gasteiger partial charge in [-0.1, -0.05) is 6.08 Å². The Morgan fingerprint density at radius 3 is 3.33 bits per heavy atom. The number of rotatable bonds is 2. The molecule has 0 N–H and O–H groups in total. The molecule has 2 atom stereocenters. The van der Waals surface area contributed by atoms with E-state index >= 15 is 0 Å². The normalized spacial score (nSPS) is 30.7. The molecule has 0 aromatic rings. The first kappa shape index (κ1) is 10.5. The highest BCUT2D eigenvalue weighted by atomic mass is 16.9. The van der Waals surface area contributed by atoms with Crippen molar-refractivity contribution in [2.24, 2.45) is 5.92 Å². The molecule has 0 saturated carbocycles. The SMILES string of the molecule is CCOC1CC2CCCC=CC2=[N+]([O-])O1. The summed E-state index contributed by atoms with van der Waals surface area (Å²) < 4.78 is 5.34. The van der Waals surface area contributed by atoms with Gasteiger partial charge in [0.1, 0.15) is 0 Å². The van der Waals surface area contributed by atoms with Gasteiger partial charge in [0, 0.05) is 24.0 Å². The Balaban J connectivity index is 2.13. The summed E-state index contributed by atoms with van der Waals surface area (Å²) in [6.07, 6.45) is 7.61.